The molecule has 180 valence electrons. The molecule has 2 rings (SSSR count). The molecular formula is C22H26ClFN2O6S. The van der Waals surface area contributed by atoms with Gasteiger partial charge in [0.15, 0.2) is 18.2 Å². The Morgan fingerprint density at radius 1 is 1.03 bits per heavy atom. The molecule has 0 aliphatic rings. The van der Waals surface area contributed by atoms with Crippen molar-refractivity contribution in [1.29, 1.82) is 0 Å². The van der Waals surface area contributed by atoms with Gasteiger partial charge < -0.3 is 15.2 Å². The minimum atomic E-state index is -3.70. The summed E-state index contributed by atoms with van der Waals surface area (Å²) in [6, 6.07) is 9.96. The number of unbranched alkanes of at least 4 members (excludes halogenated alkanes) is 2. The van der Waals surface area contributed by atoms with Crippen LogP contribution >= 0.6 is 11.6 Å². The fraction of sp³-hybridized carbons (Fsp3) is 0.364. The van der Waals surface area contributed by atoms with Gasteiger partial charge in [-0.2, -0.15) is 0 Å². The Hall–Kier alpha value is -2.69. The lowest BCUT2D eigenvalue weighted by Crippen LogP contribution is -2.29. The van der Waals surface area contributed by atoms with Gasteiger partial charge in [0.25, 0.3) is 5.91 Å². The second-order valence-corrected chi connectivity index (χ2v) is 9.41. The SMILES string of the molecule is O=C(O)CCCCCNC(=O)COc1ccc(CCNS(=O)(=O)c2ccc(Cl)cc2)cc1F. The molecule has 0 aliphatic carbocycles. The number of aliphatic carboxylic acids is 1. The van der Waals surface area contributed by atoms with E-state index in [9.17, 15) is 22.4 Å². The molecule has 0 aromatic heterocycles. The Kier molecular flexibility index (Phi) is 10.6. The molecule has 2 aromatic carbocycles. The van der Waals surface area contributed by atoms with Gasteiger partial charge in [0.1, 0.15) is 0 Å². The number of rotatable bonds is 14. The number of hydrogen-bond acceptors (Lipinski definition) is 5. The summed E-state index contributed by atoms with van der Waals surface area (Å²) >= 11 is 5.76. The number of hydrogen-bond donors (Lipinski definition) is 3. The van der Waals surface area contributed by atoms with Crippen LogP contribution in [0.25, 0.3) is 0 Å². The topological polar surface area (TPSA) is 122 Å². The average Bonchev–Trinajstić information content (AvgIpc) is 2.75. The molecule has 2 aromatic rings. The van der Waals surface area contributed by atoms with Crippen LogP contribution in [-0.4, -0.2) is 45.1 Å². The Labute approximate surface area is 197 Å². The Bertz CT molecular complexity index is 1050. The highest BCUT2D eigenvalue weighted by Crippen LogP contribution is 2.19. The molecule has 0 bridgehead atoms. The van der Waals surface area contributed by atoms with Crippen molar-refractivity contribution in [1.82, 2.24) is 10.0 Å². The third kappa shape index (κ3) is 9.77. The molecule has 0 unspecified atom stereocenters. The van der Waals surface area contributed by atoms with E-state index in [0.717, 1.165) is 0 Å². The van der Waals surface area contributed by atoms with E-state index in [1.54, 1.807) is 6.07 Å². The van der Waals surface area contributed by atoms with Crippen molar-refractivity contribution in [2.45, 2.75) is 37.0 Å². The number of carboxylic acid groups (broad SMARTS) is 1. The van der Waals surface area contributed by atoms with Gasteiger partial charge >= 0.3 is 5.97 Å². The lowest BCUT2D eigenvalue weighted by atomic mass is 10.1. The molecule has 3 N–H and O–H groups in total. The Morgan fingerprint density at radius 2 is 1.76 bits per heavy atom. The average molecular weight is 501 g/mol. The van der Waals surface area contributed by atoms with E-state index in [2.05, 4.69) is 10.0 Å². The van der Waals surface area contributed by atoms with Crippen LogP contribution in [0.5, 0.6) is 5.75 Å². The van der Waals surface area contributed by atoms with Gasteiger partial charge in [-0.25, -0.2) is 17.5 Å². The largest absolute Gasteiger partial charge is 0.481 e. The number of carbonyl (C=O) groups is 2. The summed E-state index contributed by atoms with van der Waals surface area (Å²) in [5, 5.41) is 11.6. The van der Waals surface area contributed by atoms with Gasteiger partial charge in [-0.05, 0) is 61.2 Å². The maximum Gasteiger partial charge on any atom is 0.303 e. The monoisotopic (exact) mass is 500 g/mol. The number of nitrogens with one attached hydrogen (secondary N) is 2. The number of carbonyl (C=O) groups excluding carboxylic acids is 1. The maximum atomic E-state index is 14.3. The molecule has 33 heavy (non-hydrogen) atoms. The van der Waals surface area contributed by atoms with Gasteiger partial charge in [-0.15, -0.1) is 0 Å². The van der Waals surface area contributed by atoms with E-state index in [0.29, 0.717) is 36.4 Å². The molecule has 0 heterocycles. The van der Waals surface area contributed by atoms with Crippen LogP contribution in [0.2, 0.25) is 5.02 Å². The fourth-order valence-electron chi connectivity index (χ4n) is 2.84. The van der Waals surface area contributed by atoms with E-state index in [1.807, 2.05) is 0 Å². The molecular weight excluding hydrogens is 475 g/mol. The van der Waals surface area contributed by atoms with Crippen LogP contribution in [0.1, 0.15) is 31.2 Å². The molecule has 0 radical (unpaired) electrons. The first kappa shape index (κ1) is 26.6. The highest BCUT2D eigenvalue weighted by atomic mass is 35.5. The highest BCUT2D eigenvalue weighted by Gasteiger charge is 2.14. The zero-order valence-corrected chi connectivity index (χ0v) is 19.4. The first-order valence-corrected chi connectivity index (χ1v) is 12.2. The lowest BCUT2D eigenvalue weighted by Gasteiger charge is -2.10. The number of halogens is 2. The van der Waals surface area contributed by atoms with Crippen LogP contribution in [-0.2, 0) is 26.0 Å². The van der Waals surface area contributed by atoms with Crippen LogP contribution < -0.4 is 14.8 Å². The molecule has 0 saturated carbocycles. The first-order valence-electron chi connectivity index (χ1n) is 10.3. The van der Waals surface area contributed by atoms with Crippen LogP contribution in [0.3, 0.4) is 0 Å². The summed E-state index contributed by atoms with van der Waals surface area (Å²) in [7, 11) is -3.70. The molecule has 0 fully saturated rings. The van der Waals surface area contributed by atoms with Crippen molar-refractivity contribution < 1.29 is 32.2 Å². The number of sulfonamides is 1. The van der Waals surface area contributed by atoms with Crippen LogP contribution in [0.4, 0.5) is 4.39 Å². The van der Waals surface area contributed by atoms with Crippen molar-refractivity contribution >= 4 is 33.5 Å². The normalized spacial score (nSPS) is 11.2. The second kappa shape index (κ2) is 13.1. The molecule has 0 atom stereocenters. The van der Waals surface area contributed by atoms with Gasteiger partial charge in [0, 0.05) is 24.5 Å². The second-order valence-electron chi connectivity index (χ2n) is 7.21. The molecule has 0 aliphatic heterocycles. The quantitative estimate of drug-likeness (QED) is 0.342. The van der Waals surface area contributed by atoms with Crippen molar-refractivity contribution in [3.8, 4) is 5.75 Å². The summed E-state index contributed by atoms with van der Waals surface area (Å²) in [6.45, 7) is 0.0981. The summed E-state index contributed by atoms with van der Waals surface area (Å²) in [5.41, 5.74) is 0.560. The zero-order valence-electron chi connectivity index (χ0n) is 17.9. The van der Waals surface area contributed by atoms with Gasteiger partial charge in [0.2, 0.25) is 10.0 Å². The highest BCUT2D eigenvalue weighted by molar-refractivity contribution is 7.89. The Morgan fingerprint density at radius 3 is 2.42 bits per heavy atom. The maximum absolute atomic E-state index is 14.3. The number of benzene rings is 2. The summed E-state index contributed by atoms with van der Waals surface area (Å²) in [6.07, 6.45) is 2.22. The molecule has 0 saturated heterocycles. The van der Waals surface area contributed by atoms with E-state index in [4.69, 9.17) is 21.4 Å². The molecule has 8 nitrogen and oxygen atoms in total. The van der Waals surface area contributed by atoms with E-state index >= 15 is 0 Å². The smallest absolute Gasteiger partial charge is 0.303 e. The van der Waals surface area contributed by atoms with Gasteiger partial charge in [-0.3, -0.25) is 9.59 Å². The number of carboxylic acids is 1. The van der Waals surface area contributed by atoms with E-state index < -0.39 is 27.7 Å². The molecule has 0 spiro atoms. The first-order chi connectivity index (χ1) is 15.7. The minimum Gasteiger partial charge on any atom is -0.481 e. The number of ether oxygens (including phenoxy) is 1. The predicted molar refractivity (Wildman–Crippen MR) is 121 cm³/mol. The molecule has 11 heteroatoms. The third-order valence-corrected chi connectivity index (χ3v) is 6.30. The molecule has 1 amide bonds. The van der Waals surface area contributed by atoms with Crippen molar-refractivity contribution in [3.05, 3.63) is 58.9 Å². The lowest BCUT2D eigenvalue weighted by molar-refractivity contribution is -0.137. The van der Waals surface area contributed by atoms with Gasteiger partial charge in [0.05, 0.1) is 4.90 Å². The van der Waals surface area contributed by atoms with Crippen molar-refractivity contribution in [3.63, 3.8) is 0 Å². The standard InChI is InChI=1S/C22H26ClFN2O6S/c23-17-6-8-18(9-7-17)33(30,31)26-13-11-16-5-10-20(19(24)14-16)32-15-21(27)25-12-3-1-2-4-22(28)29/h5-10,14,26H,1-4,11-13,15H2,(H,25,27)(H,28,29). The van der Waals surface area contributed by atoms with Crippen molar-refractivity contribution in [2.75, 3.05) is 19.7 Å². The predicted octanol–water partition coefficient (Wildman–Crippen LogP) is 3.14. The summed E-state index contributed by atoms with van der Waals surface area (Å²) in [4.78, 5) is 22.3. The Balaban J connectivity index is 1.73. The third-order valence-electron chi connectivity index (χ3n) is 4.57. The van der Waals surface area contributed by atoms with E-state index in [1.165, 1.54) is 36.4 Å². The summed E-state index contributed by atoms with van der Waals surface area (Å²) < 4.78 is 46.4. The van der Waals surface area contributed by atoms with Crippen molar-refractivity contribution in [2.24, 2.45) is 0 Å². The van der Waals surface area contributed by atoms with Gasteiger partial charge in [-0.1, -0.05) is 24.1 Å². The van der Waals surface area contributed by atoms with E-state index in [-0.39, 0.29) is 36.6 Å². The number of amides is 1. The summed E-state index contributed by atoms with van der Waals surface area (Å²) in [5.74, 6) is -2.00. The van der Waals surface area contributed by atoms with Crippen LogP contribution in [0, 0.1) is 5.82 Å². The fourth-order valence-corrected chi connectivity index (χ4v) is 4.00. The minimum absolute atomic E-state index is 0.0689. The zero-order chi connectivity index (χ0) is 24.3. The van der Waals surface area contributed by atoms with Crippen LogP contribution in [0.15, 0.2) is 47.4 Å².